The molecule has 1 aromatic rings. The number of nitriles is 1. The largest absolute Gasteiger partial charge is 0.502 e. The number of thiocarbonyl (C=S) groups is 1. The zero-order valence-corrected chi connectivity index (χ0v) is 13.7. The number of amides is 2. The van der Waals surface area contributed by atoms with Gasteiger partial charge in [0, 0.05) is 0 Å². The maximum absolute atomic E-state index is 11.6. The molecule has 0 aliphatic carbocycles. The molecule has 24 heavy (non-hydrogen) atoms. The van der Waals surface area contributed by atoms with Crippen molar-refractivity contribution in [2.75, 3.05) is 14.2 Å². The molecule has 0 aromatic heterocycles. The molecule has 0 aliphatic rings. The first-order valence-electron chi connectivity index (χ1n) is 6.50. The zero-order chi connectivity index (χ0) is 18.1. The van der Waals surface area contributed by atoms with Gasteiger partial charge in [-0.15, -0.1) is 0 Å². The quantitative estimate of drug-likeness (QED) is 0.348. The van der Waals surface area contributed by atoms with E-state index in [9.17, 15) is 14.7 Å². The van der Waals surface area contributed by atoms with E-state index in [0.29, 0.717) is 5.56 Å². The molecule has 0 fully saturated rings. The lowest BCUT2D eigenvalue weighted by Gasteiger charge is -2.09. The first-order chi connectivity index (χ1) is 11.5. The van der Waals surface area contributed by atoms with Crippen LogP contribution < -0.4 is 14.8 Å². The van der Waals surface area contributed by atoms with Crippen LogP contribution in [0.25, 0.3) is 6.08 Å². The minimum absolute atomic E-state index is 0.136. The van der Waals surface area contributed by atoms with Gasteiger partial charge in [-0.3, -0.25) is 14.9 Å². The summed E-state index contributed by atoms with van der Waals surface area (Å²) in [6.07, 6.45) is 4.24. The Hall–Kier alpha value is -3.18. The molecule has 8 heteroatoms. The van der Waals surface area contributed by atoms with Crippen LogP contribution in [-0.2, 0) is 9.59 Å². The van der Waals surface area contributed by atoms with Crippen molar-refractivity contribution in [3.63, 3.8) is 0 Å². The van der Waals surface area contributed by atoms with E-state index >= 15 is 0 Å². The van der Waals surface area contributed by atoms with Gasteiger partial charge in [0.15, 0.2) is 11.5 Å². The van der Waals surface area contributed by atoms with E-state index in [1.165, 1.54) is 26.4 Å². The van der Waals surface area contributed by atoms with Crippen LogP contribution in [0.3, 0.4) is 0 Å². The van der Waals surface area contributed by atoms with Gasteiger partial charge in [0.2, 0.25) is 5.75 Å². The predicted molar refractivity (Wildman–Crippen MR) is 90.7 cm³/mol. The van der Waals surface area contributed by atoms with Crippen LogP contribution in [0.4, 0.5) is 0 Å². The Labute approximate surface area is 143 Å². The molecule has 2 amide bonds. The van der Waals surface area contributed by atoms with Gasteiger partial charge in [-0.2, -0.15) is 5.26 Å². The Kier molecular flexibility index (Phi) is 7.13. The van der Waals surface area contributed by atoms with Crippen molar-refractivity contribution in [1.29, 1.82) is 5.26 Å². The predicted octanol–water partition coefficient (Wildman–Crippen LogP) is 1.52. The van der Waals surface area contributed by atoms with Crippen molar-refractivity contribution in [2.24, 2.45) is 0 Å². The first kappa shape index (κ1) is 18.9. The summed E-state index contributed by atoms with van der Waals surface area (Å²) in [6, 6.07) is 4.77. The molecular weight excluding hydrogens is 332 g/mol. The number of aromatic hydroxyl groups is 1. The molecule has 7 nitrogen and oxygen atoms in total. The monoisotopic (exact) mass is 346 g/mol. The molecule has 0 saturated heterocycles. The van der Waals surface area contributed by atoms with E-state index in [2.05, 4.69) is 12.2 Å². The number of benzene rings is 1. The summed E-state index contributed by atoms with van der Waals surface area (Å²) in [5.41, 5.74) is 0.333. The third-order valence-corrected chi connectivity index (χ3v) is 2.98. The van der Waals surface area contributed by atoms with Crippen molar-refractivity contribution < 1.29 is 24.2 Å². The molecule has 0 saturated carbocycles. The van der Waals surface area contributed by atoms with E-state index in [1.54, 1.807) is 24.3 Å². The lowest BCUT2D eigenvalue weighted by molar-refractivity contribution is -0.124. The van der Waals surface area contributed by atoms with Gasteiger partial charge < -0.3 is 14.6 Å². The third-order valence-electron chi connectivity index (χ3n) is 2.76. The average Bonchev–Trinajstić information content (AvgIpc) is 2.59. The second-order valence-electron chi connectivity index (χ2n) is 4.26. The Morgan fingerprint density at radius 3 is 2.33 bits per heavy atom. The second kappa shape index (κ2) is 9.07. The molecule has 0 radical (unpaired) electrons. The molecule has 0 spiro atoms. The van der Waals surface area contributed by atoms with Crippen molar-refractivity contribution >= 4 is 35.5 Å². The normalized spacial score (nSPS) is 10.8. The van der Waals surface area contributed by atoms with Gasteiger partial charge in [-0.05, 0) is 23.8 Å². The number of carbonyl (C=O) groups excluding carboxylic acids is 2. The fourth-order valence-corrected chi connectivity index (χ4v) is 1.70. The van der Waals surface area contributed by atoms with Crippen LogP contribution in [0.5, 0.6) is 17.2 Å². The fraction of sp³-hybridized carbons (Fsp3) is 0.125. The molecule has 2 N–H and O–H groups in total. The number of rotatable bonds is 6. The number of imide groups is 1. The summed E-state index contributed by atoms with van der Waals surface area (Å²) in [7, 11) is 2.79. The number of nitrogens with zero attached hydrogens (tertiary/aromatic N) is 1. The number of hydrogen-bond acceptors (Lipinski definition) is 7. The van der Waals surface area contributed by atoms with Gasteiger partial charge in [-0.1, -0.05) is 24.4 Å². The highest BCUT2D eigenvalue weighted by Gasteiger charge is 2.11. The smallest absolute Gasteiger partial charge is 0.268 e. The van der Waals surface area contributed by atoms with Gasteiger partial charge in [0.25, 0.3) is 11.8 Å². The summed E-state index contributed by atoms with van der Waals surface area (Å²) >= 11 is 4.38. The lowest BCUT2D eigenvalue weighted by atomic mass is 10.1. The fourth-order valence-electron chi connectivity index (χ4n) is 1.64. The van der Waals surface area contributed by atoms with Crippen LogP contribution in [0.15, 0.2) is 29.9 Å². The minimum atomic E-state index is -0.853. The number of phenols is 1. The topological polar surface area (TPSA) is 109 Å². The number of methoxy groups -OCH3 is 2. The second-order valence-corrected chi connectivity index (χ2v) is 4.50. The summed E-state index contributed by atoms with van der Waals surface area (Å²) in [5, 5.41) is 21.5. The highest BCUT2D eigenvalue weighted by Crippen LogP contribution is 2.37. The zero-order valence-electron chi connectivity index (χ0n) is 12.9. The molecule has 0 unspecified atom stereocenters. The molecule has 0 aliphatic heterocycles. The minimum Gasteiger partial charge on any atom is -0.502 e. The number of carbonyl (C=O) groups is 2. The summed E-state index contributed by atoms with van der Waals surface area (Å²) in [6.45, 7) is 0. The first-order valence-corrected chi connectivity index (χ1v) is 6.97. The molecular formula is C16H14N2O5S. The SMILES string of the molecule is COc1cc(/C=C/C=C(\C#N)C(=O)NC(=O)C=S)cc(OC)c1O. The third kappa shape index (κ3) is 4.93. The van der Waals surface area contributed by atoms with E-state index < -0.39 is 11.8 Å². The number of nitrogens with one attached hydrogen (secondary N) is 1. The van der Waals surface area contributed by atoms with Crippen LogP contribution in [0.2, 0.25) is 0 Å². The Bertz CT molecular complexity index is 737. The van der Waals surface area contributed by atoms with Crippen molar-refractivity contribution in [1.82, 2.24) is 5.32 Å². The average molecular weight is 346 g/mol. The van der Waals surface area contributed by atoms with Gasteiger partial charge in [-0.25, -0.2) is 0 Å². The highest BCUT2D eigenvalue weighted by atomic mass is 32.1. The number of allylic oxidation sites excluding steroid dienone is 2. The van der Waals surface area contributed by atoms with Crippen LogP contribution in [0, 0.1) is 11.3 Å². The summed E-state index contributed by atoms with van der Waals surface area (Å²) in [5.74, 6) is -1.34. The molecule has 124 valence electrons. The van der Waals surface area contributed by atoms with Gasteiger partial charge in [0.1, 0.15) is 11.6 Å². The lowest BCUT2D eigenvalue weighted by Crippen LogP contribution is -2.31. The highest BCUT2D eigenvalue weighted by molar-refractivity contribution is 7.80. The van der Waals surface area contributed by atoms with Crippen LogP contribution >= 0.6 is 12.2 Å². The molecule has 1 aromatic carbocycles. The number of phenolic OH excluding ortho intramolecular Hbond substituents is 1. The van der Waals surface area contributed by atoms with E-state index in [0.717, 1.165) is 5.37 Å². The van der Waals surface area contributed by atoms with Gasteiger partial charge in [0.05, 0.1) is 19.6 Å². The Morgan fingerprint density at radius 1 is 1.29 bits per heavy atom. The molecule has 0 bridgehead atoms. The Morgan fingerprint density at radius 2 is 1.88 bits per heavy atom. The number of hydrogen-bond donors (Lipinski definition) is 2. The van der Waals surface area contributed by atoms with E-state index in [-0.39, 0.29) is 22.8 Å². The van der Waals surface area contributed by atoms with Crippen molar-refractivity contribution in [2.45, 2.75) is 0 Å². The standard InChI is InChI=1S/C16H14N2O5S/c1-22-12-6-10(7-13(23-2)15(12)20)4-3-5-11(8-17)16(21)18-14(19)9-24/h3-7,9,20H,1-2H3,(H,18,19,21)/b4-3+,11-5+. The molecule has 0 atom stereocenters. The maximum atomic E-state index is 11.6. The number of ether oxygens (including phenoxy) is 2. The van der Waals surface area contributed by atoms with Crippen molar-refractivity contribution in [3.05, 3.63) is 35.4 Å². The maximum Gasteiger partial charge on any atom is 0.268 e. The van der Waals surface area contributed by atoms with Gasteiger partial charge >= 0.3 is 0 Å². The summed E-state index contributed by atoms with van der Waals surface area (Å²) < 4.78 is 10.0. The van der Waals surface area contributed by atoms with E-state index in [1.807, 2.05) is 5.32 Å². The Balaban J connectivity index is 3.03. The van der Waals surface area contributed by atoms with E-state index in [4.69, 9.17) is 14.7 Å². The molecule has 1 rings (SSSR count). The van der Waals surface area contributed by atoms with Crippen LogP contribution in [0.1, 0.15) is 5.56 Å². The summed E-state index contributed by atoms with van der Waals surface area (Å²) in [4.78, 5) is 22.6. The van der Waals surface area contributed by atoms with Crippen LogP contribution in [-0.4, -0.2) is 36.5 Å². The van der Waals surface area contributed by atoms with Crippen molar-refractivity contribution in [3.8, 4) is 23.3 Å². The molecule has 0 heterocycles.